The Kier molecular flexibility index (Phi) is 1.95. The van der Waals surface area contributed by atoms with Crippen LogP contribution in [0.25, 0.3) is 0 Å². The van der Waals surface area contributed by atoms with Crippen LogP contribution in [0.1, 0.15) is 27.2 Å². The van der Waals surface area contributed by atoms with Crippen LogP contribution in [-0.2, 0) is 4.74 Å². The lowest BCUT2D eigenvalue weighted by Gasteiger charge is -2.33. The molecule has 0 aromatic heterocycles. The molecule has 5 atom stereocenters. The Morgan fingerprint density at radius 2 is 2.00 bits per heavy atom. The van der Waals surface area contributed by atoms with Crippen LogP contribution in [0.15, 0.2) is 0 Å². The summed E-state index contributed by atoms with van der Waals surface area (Å²) in [6.07, 6.45) is -0.281. The van der Waals surface area contributed by atoms with Gasteiger partial charge in [0, 0.05) is 0 Å². The first-order chi connectivity index (χ1) is 5.97. The van der Waals surface area contributed by atoms with Crippen molar-refractivity contribution in [1.82, 2.24) is 0 Å². The van der Waals surface area contributed by atoms with Gasteiger partial charge in [0.05, 0.1) is 12.2 Å². The van der Waals surface area contributed by atoms with E-state index in [-0.39, 0.29) is 12.0 Å². The maximum absolute atomic E-state index is 9.90. The monoisotopic (exact) mass is 186 g/mol. The van der Waals surface area contributed by atoms with Crippen LogP contribution in [0.3, 0.4) is 0 Å². The predicted molar refractivity (Wildman–Crippen MR) is 48.2 cm³/mol. The third kappa shape index (κ3) is 1.22. The van der Waals surface area contributed by atoms with Crippen LogP contribution in [0.4, 0.5) is 0 Å². The summed E-state index contributed by atoms with van der Waals surface area (Å²) in [6.45, 7) is 6.03. The van der Waals surface area contributed by atoms with Crippen molar-refractivity contribution in [2.24, 2.45) is 11.8 Å². The van der Waals surface area contributed by atoms with E-state index in [1.54, 1.807) is 0 Å². The molecule has 1 aliphatic carbocycles. The molecule has 3 heteroatoms. The van der Waals surface area contributed by atoms with E-state index in [0.717, 1.165) is 0 Å². The molecule has 5 unspecified atom stereocenters. The van der Waals surface area contributed by atoms with Crippen molar-refractivity contribution in [2.75, 3.05) is 0 Å². The molecule has 0 aromatic carbocycles. The first-order valence-corrected chi connectivity index (χ1v) is 5.00. The second-order valence-electron chi connectivity index (χ2n) is 4.87. The quantitative estimate of drug-likeness (QED) is 0.588. The van der Waals surface area contributed by atoms with E-state index in [1.165, 1.54) is 0 Å². The van der Waals surface area contributed by atoms with Gasteiger partial charge in [-0.15, -0.1) is 0 Å². The molecular formula is C10H18O3. The molecule has 1 heterocycles. The van der Waals surface area contributed by atoms with Gasteiger partial charge in [0.15, 0.2) is 0 Å². The Bertz CT molecular complexity index is 216. The molecule has 1 aliphatic heterocycles. The fraction of sp³-hybridized carbons (Fsp3) is 1.00. The van der Waals surface area contributed by atoms with Crippen molar-refractivity contribution in [3.63, 3.8) is 0 Å². The molecule has 13 heavy (non-hydrogen) atoms. The molecule has 2 aliphatic rings. The molecule has 76 valence electrons. The van der Waals surface area contributed by atoms with E-state index >= 15 is 0 Å². The average Bonchev–Trinajstić information content (AvgIpc) is 2.72. The van der Waals surface area contributed by atoms with Crippen molar-refractivity contribution >= 4 is 0 Å². The lowest BCUT2D eigenvalue weighted by Crippen LogP contribution is -2.46. The summed E-state index contributed by atoms with van der Waals surface area (Å²) in [5.41, 5.74) is -0.454. The predicted octanol–water partition coefficient (Wildman–Crippen LogP) is 0.542. The number of fused-ring (bicyclic) bond motifs is 1. The third-order valence-electron chi connectivity index (χ3n) is 3.65. The second kappa shape index (κ2) is 2.69. The molecule has 2 fully saturated rings. The lowest BCUT2D eigenvalue weighted by atomic mass is 9.74. The minimum Gasteiger partial charge on any atom is -0.390 e. The fourth-order valence-electron chi connectivity index (χ4n) is 2.44. The van der Waals surface area contributed by atoms with Crippen molar-refractivity contribution < 1.29 is 14.9 Å². The van der Waals surface area contributed by atoms with Crippen LogP contribution >= 0.6 is 0 Å². The van der Waals surface area contributed by atoms with Crippen LogP contribution in [0.2, 0.25) is 0 Å². The number of epoxide rings is 1. The van der Waals surface area contributed by atoms with Gasteiger partial charge >= 0.3 is 0 Å². The summed E-state index contributed by atoms with van der Waals surface area (Å²) in [5.74, 6) is 0.578. The molecule has 2 rings (SSSR count). The highest BCUT2D eigenvalue weighted by molar-refractivity contribution is 5.13. The number of aliphatic hydroxyl groups excluding tert-OH is 2. The topological polar surface area (TPSA) is 53.0 Å². The molecule has 0 spiro atoms. The zero-order chi connectivity index (χ0) is 9.80. The molecule has 0 amide bonds. The number of ether oxygens (including phenoxy) is 1. The summed E-state index contributed by atoms with van der Waals surface area (Å²) in [5, 5.41) is 19.7. The highest BCUT2D eigenvalue weighted by atomic mass is 16.6. The zero-order valence-corrected chi connectivity index (χ0v) is 8.40. The molecule has 3 nitrogen and oxygen atoms in total. The Balaban J connectivity index is 2.12. The minimum absolute atomic E-state index is 0.136. The molecule has 2 N–H and O–H groups in total. The standard InChI is InChI=1S/C10H18O3/c1-5(2)6-4-7(11)10(3)9(13-10)8(6)12/h5-9,11-12H,4H2,1-3H3. The number of hydrogen-bond acceptors (Lipinski definition) is 3. The van der Waals surface area contributed by atoms with Gasteiger partial charge in [0.1, 0.15) is 11.7 Å². The van der Waals surface area contributed by atoms with Crippen LogP contribution < -0.4 is 0 Å². The van der Waals surface area contributed by atoms with Crippen LogP contribution in [0, 0.1) is 11.8 Å². The third-order valence-corrected chi connectivity index (χ3v) is 3.65. The zero-order valence-electron chi connectivity index (χ0n) is 8.40. The van der Waals surface area contributed by atoms with Gasteiger partial charge in [-0.25, -0.2) is 0 Å². The first kappa shape index (κ1) is 9.44. The maximum atomic E-state index is 9.90. The molecule has 0 aromatic rings. The molecule has 0 radical (unpaired) electrons. The van der Waals surface area contributed by atoms with Gasteiger partial charge in [-0.2, -0.15) is 0 Å². The largest absolute Gasteiger partial charge is 0.390 e. The van der Waals surface area contributed by atoms with Gasteiger partial charge in [-0.1, -0.05) is 13.8 Å². The molecular weight excluding hydrogens is 168 g/mol. The summed E-state index contributed by atoms with van der Waals surface area (Å²) < 4.78 is 5.37. The highest BCUT2D eigenvalue weighted by Crippen LogP contribution is 2.50. The maximum Gasteiger partial charge on any atom is 0.120 e. The smallest absolute Gasteiger partial charge is 0.120 e. The molecule has 0 bridgehead atoms. The molecule has 1 saturated heterocycles. The number of rotatable bonds is 1. The van der Waals surface area contributed by atoms with Crippen LogP contribution in [-0.4, -0.2) is 34.1 Å². The van der Waals surface area contributed by atoms with Crippen molar-refractivity contribution in [3.8, 4) is 0 Å². The molecule has 1 saturated carbocycles. The Hall–Kier alpha value is -0.120. The average molecular weight is 186 g/mol. The normalized spacial score (nSPS) is 54.9. The van der Waals surface area contributed by atoms with Gasteiger partial charge in [0.25, 0.3) is 0 Å². The summed E-state index contributed by atoms with van der Waals surface area (Å²) in [6, 6.07) is 0. The SMILES string of the molecule is CC(C)C1CC(O)C2(C)OC2C1O. The second-order valence-corrected chi connectivity index (χ2v) is 4.87. The van der Waals surface area contributed by atoms with Crippen molar-refractivity contribution in [3.05, 3.63) is 0 Å². The lowest BCUT2D eigenvalue weighted by molar-refractivity contribution is -0.00791. The summed E-state index contributed by atoms with van der Waals surface area (Å²) in [7, 11) is 0. The van der Waals surface area contributed by atoms with Crippen LogP contribution in [0.5, 0.6) is 0 Å². The Labute approximate surface area is 78.7 Å². The van der Waals surface area contributed by atoms with Gasteiger partial charge in [-0.3, -0.25) is 0 Å². The minimum atomic E-state index is -0.454. The van der Waals surface area contributed by atoms with Gasteiger partial charge in [-0.05, 0) is 25.2 Å². The number of aliphatic hydroxyl groups is 2. The van der Waals surface area contributed by atoms with Gasteiger partial charge in [0.2, 0.25) is 0 Å². The van der Waals surface area contributed by atoms with Crippen molar-refractivity contribution in [1.29, 1.82) is 0 Å². The van der Waals surface area contributed by atoms with E-state index in [4.69, 9.17) is 4.74 Å². The van der Waals surface area contributed by atoms with E-state index in [9.17, 15) is 10.2 Å². The summed E-state index contributed by atoms with van der Waals surface area (Å²) >= 11 is 0. The fourth-order valence-corrected chi connectivity index (χ4v) is 2.44. The highest BCUT2D eigenvalue weighted by Gasteiger charge is 2.65. The Morgan fingerprint density at radius 3 is 2.54 bits per heavy atom. The van der Waals surface area contributed by atoms with Gasteiger partial charge < -0.3 is 14.9 Å². The van der Waals surface area contributed by atoms with E-state index in [1.807, 2.05) is 6.92 Å². The Morgan fingerprint density at radius 1 is 1.38 bits per heavy atom. The van der Waals surface area contributed by atoms with E-state index < -0.39 is 17.8 Å². The van der Waals surface area contributed by atoms with E-state index in [0.29, 0.717) is 12.3 Å². The van der Waals surface area contributed by atoms with Crippen molar-refractivity contribution in [2.45, 2.75) is 51.1 Å². The van der Waals surface area contributed by atoms with E-state index in [2.05, 4.69) is 13.8 Å². The number of hydrogen-bond donors (Lipinski definition) is 2. The summed E-state index contributed by atoms with van der Waals surface area (Å²) in [4.78, 5) is 0. The first-order valence-electron chi connectivity index (χ1n) is 5.00.